The van der Waals surface area contributed by atoms with Gasteiger partial charge < -0.3 is 18.8 Å². The number of fused-ring (bicyclic) bond motifs is 1. The van der Waals surface area contributed by atoms with E-state index in [1.54, 1.807) is 37.7 Å². The molecule has 9 nitrogen and oxygen atoms in total. The van der Waals surface area contributed by atoms with Crippen LogP contribution in [0, 0.1) is 0 Å². The largest absolute Gasteiger partial charge is 0.497 e. The lowest BCUT2D eigenvalue weighted by molar-refractivity contribution is -0.122. The Bertz CT molecular complexity index is 1280. The van der Waals surface area contributed by atoms with E-state index in [1.807, 2.05) is 28.8 Å². The number of ether oxygens (including phenoxy) is 3. The van der Waals surface area contributed by atoms with Crippen LogP contribution in [-0.2, 0) is 9.59 Å². The van der Waals surface area contributed by atoms with Crippen LogP contribution in [0.25, 0.3) is 11.8 Å². The topological polar surface area (TPSA) is 99.1 Å². The van der Waals surface area contributed by atoms with E-state index < -0.39 is 17.8 Å². The third kappa shape index (κ3) is 3.35. The number of benzene rings is 2. The van der Waals surface area contributed by atoms with E-state index in [0.717, 1.165) is 16.3 Å². The molecule has 0 unspecified atom stereocenters. The maximum atomic E-state index is 13.1. The molecule has 1 aromatic heterocycles. The van der Waals surface area contributed by atoms with Gasteiger partial charge in [0.25, 0.3) is 11.8 Å². The van der Waals surface area contributed by atoms with Gasteiger partial charge in [-0.3, -0.25) is 14.9 Å². The van der Waals surface area contributed by atoms with Crippen LogP contribution in [0.3, 0.4) is 0 Å². The number of amides is 4. The molecule has 9 heteroatoms. The normalized spacial score (nSPS) is 16.5. The molecule has 0 atom stereocenters. The van der Waals surface area contributed by atoms with E-state index in [-0.39, 0.29) is 18.1 Å². The van der Waals surface area contributed by atoms with Crippen molar-refractivity contribution in [1.29, 1.82) is 0 Å². The lowest BCUT2D eigenvalue weighted by Crippen LogP contribution is -2.54. The lowest BCUT2D eigenvalue weighted by atomic mass is 10.1. The second-order valence-corrected chi connectivity index (χ2v) is 7.05. The van der Waals surface area contributed by atoms with Crippen LogP contribution in [0.1, 0.15) is 5.56 Å². The van der Waals surface area contributed by atoms with E-state index in [2.05, 4.69) is 5.32 Å². The summed E-state index contributed by atoms with van der Waals surface area (Å²) in [4.78, 5) is 38.8. The molecule has 0 saturated carbocycles. The van der Waals surface area contributed by atoms with E-state index in [0.29, 0.717) is 17.1 Å². The first-order valence-electron chi connectivity index (χ1n) is 9.67. The number of rotatable bonds is 4. The predicted octanol–water partition coefficient (Wildman–Crippen LogP) is 2.88. The molecule has 2 aliphatic heterocycles. The number of urea groups is 1. The van der Waals surface area contributed by atoms with Gasteiger partial charge in [0.05, 0.1) is 12.8 Å². The lowest BCUT2D eigenvalue weighted by Gasteiger charge is -2.26. The van der Waals surface area contributed by atoms with Crippen LogP contribution >= 0.6 is 0 Å². The van der Waals surface area contributed by atoms with Gasteiger partial charge in [-0.15, -0.1) is 0 Å². The van der Waals surface area contributed by atoms with Crippen molar-refractivity contribution in [3.05, 3.63) is 72.1 Å². The fourth-order valence-corrected chi connectivity index (χ4v) is 3.50. The third-order valence-electron chi connectivity index (χ3n) is 5.11. The smallest absolute Gasteiger partial charge is 0.335 e. The van der Waals surface area contributed by atoms with Gasteiger partial charge in [0, 0.05) is 24.1 Å². The van der Waals surface area contributed by atoms with Crippen molar-refractivity contribution in [2.75, 3.05) is 18.8 Å². The second-order valence-electron chi connectivity index (χ2n) is 7.05. The number of anilines is 1. The summed E-state index contributed by atoms with van der Waals surface area (Å²) >= 11 is 0. The summed E-state index contributed by atoms with van der Waals surface area (Å²) in [6.07, 6.45) is 5.03. The SMILES string of the molecule is COc1ccc(-n2ccc(/C=C3/C(=O)NC(=O)N(c4ccc5c(c4)OCO5)C3=O)c2)cc1. The van der Waals surface area contributed by atoms with Crippen LogP contribution in [0.4, 0.5) is 10.5 Å². The molecule has 1 saturated heterocycles. The molecule has 4 amide bonds. The fraction of sp³-hybridized carbons (Fsp3) is 0.0870. The zero-order chi connectivity index (χ0) is 22.2. The highest BCUT2D eigenvalue weighted by molar-refractivity contribution is 6.39. The number of methoxy groups -OCH3 is 1. The molecule has 5 rings (SSSR count). The Balaban J connectivity index is 1.45. The molecule has 2 aromatic carbocycles. The van der Waals surface area contributed by atoms with E-state index >= 15 is 0 Å². The number of carbonyl (C=O) groups excluding carboxylic acids is 3. The Hall–Kier alpha value is -4.53. The summed E-state index contributed by atoms with van der Waals surface area (Å²) in [6, 6.07) is 13.0. The zero-order valence-corrected chi connectivity index (χ0v) is 16.9. The number of aromatic nitrogens is 1. The summed E-state index contributed by atoms with van der Waals surface area (Å²) in [5.74, 6) is 0.192. The Morgan fingerprint density at radius 3 is 2.50 bits per heavy atom. The molecule has 3 aromatic rings. The number of barbiturate groups is 1. The Morgan fingerprint density at radius 1 is 0.969 bits per heavy atom. The minimum absolute atomic E-state index is 0.0632. The predicted molar refractivity (Wildman–Crippen MR) is 114 cm³/mol. The number of imide groups is 2. The summed E-state index contributed by atoms with van der Waals surface area (Å²) in [5, 5.41) is 2.21. The van der Waals surface area contributed by atoms with Crippen LogP contribution in [-0.4, -0.2) is 36.3 Å². The minimum atomic E-state index is -0.827. The maximum Gasteiger partial charge on any atom is 0.335 e. The first-order chi connectivity index (χ1) is 15.5. The highest BCUT2D eigenvalue weighted by atomic mass is 16.7. The van der Waals surface area contributed by atoms with Gasteiger partial charge in [-0.25, -0.2) is 9.69 Å². The van der Waals surface area contributed by atoms with Crippen LogP contribution < -0.4 is 24.4 Å². The second kappa shape index (κ2) is 7.62. The van der Waals surface area contributed by atoms with E-state index in [4.69, 9.17) is 14.2 Å². The number of carbonyl (C=O) groups is 3. The zero-order valence-electron chi connectivity index (χ0n) is 16.9. The molecule has 160 valence electrons. The quantitative estimate of drug-likeness (QED) is 0.504. The van der Waals surface area contributed by atoms with Crippen LogP contribution in [0.2, 0.25) is 0 Å². The molecular weight excluding hydrogens is 414 g/mol. The first-order valence-corrected chi connectivity index (χ1v) is 9.67. The summed E-state index contributed by atoms with van der Waals surface area (Å²) in [5.41, 5.74) is 1.62. The monoisotopic (exact) mass is 431 g/mol. The average Bonchev–Trinajstić information content (AvgIpc) is 3.46. The van der Waals surface area contributed by atoms with Crippen LogP contribution in [0.15, 0.2) is 66.5 Å². The summed E-state index contributed by atoms with van der Waals surface area (Å²) in [7, 11) is 1.60. The molecule has 0 radical (unpaired) electrons. The number of hydrogen-bond donors (Lipinski definition) is 1. The Kier molecular flexibility index (Phi) is 4.63. The number of hydrogen-bond acceptors (Lipinski definition) is 6. The molecular formula is C23H17N3O6. The van der Waals surface area contributed by atoms with Crippen molar-refractivity contribution in [3.63, 3.8) is 0 Å². The van der Waals surface area contributed by atoms with Gasteiger partial charge in [-0.2, -0.15) is 0 Å². The van der Waals surface area contributed by atoms with Gasteiger partial charge in [-0.1, -0.05) is 0 Å². The third-order valence-corrected chi connectivity index (χ3v) is 5.11. The van der Waals surface area contributed by atoms with Gasteiger partial charge in [-0.05, 0) is 54.1 Å². The molecule has 3 heterocycles. The van der Waals surface area contributed by atoms with E-state index in [9.17, 15) is 14.4 Å². The molecule has 0 spiro atoms. The van der Waals surface area contributed by atoms with E-state index in [1.165, 1.54) is 12.1 Å². The Labute approximate surface area is 182 Å². The standard InChI is InChI=1S/C23H17N3O6/c1-30-17-5-2-15(3-6-17)25-9-8-14(12-25)10-18-21(27)24-23(29)26(22(18)28)16-4-7-19-20(11-16)32-13-31-19/h2-12H,13H2,1H3,(H,24,27,29)/b18-10-. The highest BCUT2D eigenvalue weighted by Crippen LogP contribution is 2.36. The van der Waals surface area contributed by atoms with Crippen molar-refractivity contribution in [1.82, 2.24) is 9.88 Å². The van der Waals surface area contributed by atoms with Crippen LogP contribution in [0.5, 0.6) is 17.2 Å². The van der Waals surface area contributed by atoms with Crippen molar-refractivity contribution in [2.24, 2.45) is 0 Å². The molecule has 2 aliphatic rings. The molecule has 1 fully saturated rings. The molecule has 0 bridgehead atoms. The maximum absolute atomic E-state index is 13.1. The van der Waals surface area contributed by atoms with Crippen molar-refractivity contribution in [2.45, 2.75) is 0 Å². The number of nitrogens with one attached hydrogen (secondary N) is 1. The summed E-state index contributed by atoms with van der Waals surface area (Å²) in [6.45, 7) is 0.0632. The van der Waals surface area contributed by atoms with Crippen molar-refractivity contribution < 1.29 is 28.6 Å². The molecule has 0 aliphatic carbocycles. The number of nitrogens with zero attached hydrogens (tertiary/aromatic N) is 2. The van der Waals surface area contributed by atoms with Gasteiger partial charge in [0.15, 0.2) is 11.5 Å². The minimum Gasteiger partial charge on any atom is -0.497 e. The van der Waals surface area contributed by atoms with Gasteiger partial charge in [0.2, 0.25) is 6.79 Å². The van der Waals surface area contributed by atoms with Gasteiger partial charge >= 0.3 is 6.03 Å². The summed E-state index contributed by atoms with van der Waals surface area (Å²) < 4.78 is 17.6. The fourth-order valence-electron chi connectivity index (χ4n) is 3.50. The Morgan fingerprint density at radius 2 is 1.72 bits per heavy atom. The highest BCUT2D eigenvalue weighted by Gasteiger charge is 2.37. The average molecular weight is 431 g/mol. The molecule has 32 heavy (non-hydrogen) atoms. The first kappa shape index (κ1) is 19.4. The van der Waals surface area contributed by atoms with Gasteiger partial charge in [0.1, 0.15) is 11.3 Å². The van der Waals surface area contributed by atoms with Crippen molar-refractivity contribution in [3.8, 4) is 22.9 Å². The van der Waals surface area contributed by atoms with Crippen molar-refractivity contribution >= 4 is 29.6 Å². The molecule has 1 N–H and O–H groups in total.